The van der Waals surface area contributed by atoms with Crippen molar-refractivity contribution in [3.63, 3.8) is 0 Å². The number of benzene rings is 3. The Morgan fingerprint density at radius 2 is 1.73 bits per heavy atom. The predicted octanol–water partition coefficient (Wildman–Crippen LogP) is 8.00. The normalized spacial score (nSPS) is 19.7. The first-order valence-electron chi connectivity index (χ1n) is 13.1. The number of allylic oxidation sites excluding steroid dienone is 1. The van der Waals surface area contributed by atoms with Crippen LogP contribution in [0.3, 0.4) is 0 Å². The number of thiazole rings is 1. The van der Waals surface area contributed by atoms with E-state index in [2.05, 4.69) is 11.1 Å². The number of para-hydroxylation sites is 1. The zero-order valence-corrected chi connectivity index (χ0v) is 22.1. The van der Waals surface area contributed by atoms with Crippen LogP contribution in [0.2, 0.25) is 0 Å². The number of hydrogen-bond acceptors (Lipinski definition) is 6. The Morgan fingerprint density at radius 3 is 2.52 bits per heavy atom. The van der Waals surface area contributed by atoms with E-state index < -0.39 is 5.63 Å². The highest BCUT2D eigenvalue weighted by atomic mass is 32.1. The van der Waals surface area contributed by atoms with E-state index in [9.17, 15) is 13.6 Å². The van der Waals surface area contributed by atoms with Gasteiger partial charge < -0.3 is 4.42 Å². The average molecular weight is 552 g/mol. The Hall–Kier alpha value is -4.43. The lowest BCUT2D eigenvalue weighted by Crippen LogP contribution is -2.28. The standard InChI is InChI=1S/C32H23F2N3O2S/c33-23-12-8-19(9-13-23)16-22-5-3-6-25-29(22)36-37(30(25)20-10-14-24(34)15-11-20)32-35-18-28(40-32)26-17-21-4-1-2-7-27(21)39-31(26)38/h1-2,4,7-18,25,30H,3,5-6H2. The molecule has 3 aromatic carbocycles. The van der Waals surface area contributed by atoms with Crippen LogP contribution < -0.4 is 10.6 Å². The van der Waals surface area contributed by atoms with E-state index in [1.807, 2.05) is 29.3 Å². The maximum absolute atomic E-state index is 13.9. The van der Waals surface area contributed by atoms with Crippen molar-refractivity contribution >= 4 is 39.2 Å². The number of halogens is 2. The minimum Gasteiger partial charge on any atom is -0.422 e. The maximum Gasteiger partial charge on any atom is 0.345 e. The molecule has 2 aromatic heterocycles. The fourth-order valence-electron chi connectivity index (χ4n) is 5.64. The highest BCUT2D eigenvalue weighted by molar-refractivity contribution is 7.18. The van der Waals surface area contributed by atoms with E-state index in [0.29, 0.717) is 21.2 Å². The van der Waals surface area contributed by atoms with E-state index in [0.717, 1.165) is 47.1 Å². The predicted molar refractivity (Wildman–Crippen MR) is 154 cm³/mol. The molecule has 1 fully saturated rings. The molecule has 1 aliphatic carbocycles. The molecule has 198 valence electrons. The third-order valence-electron chi connectivity index (χ3n) is 7.52. The number of rotatable bonds is 4. The second kappa shape index (κ2) is 9.95. The number of hydrogen-bond donors (Lipinski definition) is 0. The van der Waals surface area contributed by atoms with E-state index in [4.69, 9.17) is 9.52 Å². The first kappa shape index (κ1) is 24.6. The van der Waals surface area contributed by atoms with Gasteiger partial charge in [-0.25, -0.2) is 23.6 Å². The zero-order valence-electron chi connectivity index (χ0n) is 21.3. The monoisotopic (exact) mass is 551 g/mol. The third kappa shape index (κ3) is 4.44. The minimum absolute atomic E-state index is 0.0731. The van der Waals surface area contributed by atoms with E-state index >= 15 is 0 Å². The molecule has 3 heterocycles. The lowest BCUT2D eigenvalue weighted by Gasteiger charge is -2.29. The van der Waals surface area contributed by atoms with Gasteiger partial charge in [-0.15, -0.1) is 0 Å². The van der Waals surface area contributed by atoms with Gasteiger partial charge in [-0.2, -0.15) is 5.10 Å². The van der Waals surface area contributed by atoms with Gasteiger partial charge in [-0.1, -0.05) is 53.8 Å². The Labute approximate surface area is 232 Å². The summed E-state index contributed by atoms with van der Waals surface area (Å²) >= 11 is 1.37. The van der Waals surface area contributed by atoms with Crippen molar-refractivity contribution in [1.82, 2.24) is 4.98 Å². The van der Waals surface area contributed by atoms with E-state index in [-0.39, 0.29) is 23.6 Å². The molecule has 1 saturated carbocycles. The summed E-state index contributed by atoms with van der Waals surface area (Å²) in [5.41, 5.74) is 4.48. The molecule has 0 N–H and O–H groups in total. The Balaban J connectivity index is 1.31. The SMILES string of the molecule is O=c1oc2ccccc2cc1-c1cnc(N2N=C3C(=Cc4ccc(F)cc4)CCCC3C2c2ccc(F)cc2)s1. The lowest BCUT2D eigenvalue weighted by molar-refractivity contribution is 0.486. The summed E-state index contributed by atoms with van der Waals surface area (Å²) in [4.78, 5) is 18.2. The van der Waals surface area contributed by atoms with Crippen LogP contribution in [0.5, 0.6) is 0 Å². The van der Waals surface area contributed by atoms with Crippen molar-refractivity contribution in [3.8, 4) is 10.4 Å². The second-order valence-corrected chi connectivity index (χ2v) is 11.0. The molecule has 5 nitrogen and oxygen atoms in total. The first-order chi connectivity index (χ1) is 19.5. The van der Waals surface area contributed by atoms with Gasteiger partial charge in [0.1, 0.15) is 17.2 Å². The molecule has 5 aromatic rings. The molecular formula is C32H23F2N3O2S. The largest absolute Gasteiger partial charge is 0.422 e. The van der Waals surface area contributed by atoms with Crippen LogP contribution in [-0.2, 0) is 0 Å². The smallest absolute Gasteiger partial charge is 0.345 e. The zero-order chi connectivity index (χ0) is 27.2. The average Bonchev–Trinajstić information content (AvgIpc) is 3.60. The Bertz CT molecular complexity index is 1840. The molecule has 2 atom stereocenters. The van der Waals surface area contributed by atoms with Crippen molar-refractivity contribution < 1.29 is 13.2 Å². The number of aromatic nitrogens is 1. The summed E-state index contributed by atoms with van der Waals surface area (Å²) in [5.74, 6) is -0.497. The maximum atomic E-state index is 13.9. The molecule has 2 aliphatic rings. The molecular weight excluding hydrogens is 528 g/mol. The van der Waals surface area contributed by atoms with E-state index in [1.54, 1.807) is 36.5 Å². The van der Waals surface area contributed by atoms with Gasteiger partial charge in [0.25, 0.3) is 0 Å². The number of fused-ring (bicyclic) bond motifs is 2. The van der Waals surface area contributed by atoms with Crippen LogP contribution in [0.1, 0.15) is 36.4 Å². The van der Waals surface area contributed by atoms with Crippen LogP contribution in [0.4, 0.5) is 13.9 Å². The first-order valence-corrected chi connectivity index (χ1v) is 13.9. The molecule has 2 unspecified atom stereocenters. The highest BCUT2D eigenvalue weighted by Crippen LogP contribution is 2.47. The topological polar surface area (TPSA) is 58.7 Å². The van der Waals surface area contributed by atoms with Gasteiger partial charge >= 0.3 is 5.63 Å². The van der Waals surface area contributed by atoms with Crippen LogP contribution >= 0.6 is 11.3 Å². The van der Waals surface area contributed by atoms with Gasteiger partial charge in [0, 0.05) is 17.5 Å². The van der Waals surface area contributed by atoms with Crippen LogP contribution in [0, 0.1) is 17.6 Å². The third-order valence-corrected chi connectivity index (χ3v) is 8.54. The molecule has 0 amide bonds. The van der Waals surface area contributed by atoms with Crippen LogP contribution in [0.15, 0.2) is 105 Å². The van der Waals surface area contributed by atoms with Crippen molar-refractivity contribution in [2.24, 2.45) is 11.0 Å². The van der Waals surface area contributed by atoms with Crippen molar-refractivity contribution in [2.75, 3.05) is 5.01 Å². The molecule has 8 heteroatoms. The summed E-state index contributed by atoms with van der Waals surface area (Å²) in [6.07, 6.45) is 6.51. The summed E-state index contributed by atoms with van der Waals surface area (Å²) in [5, 5.41) is 8.48. The van der Waals surface area contributed by atoms with E-state index in [1.165, 1.54) is 35.6 Å². The molecule has 1 aliphatic heterocycles. The number of nitrogens with zero attached hydrogens (tertiary/aromatic N) is 3. The van der Waals surface area contributed by atoms with Gasteiger partial charge in [0.2, 0.25) is 5.13 Å². The van der Waals surface area contributed by atoms with Crippen molar-refractivity contribution in [1.29, 1.82) is 0 Å². The molecule has 0 spiro atoms. The molecule has 0 bridgehead atoms. The summed E-state index contributed by atoms with van der Waals surface area (Å²) < 4.78 is 32.9. The Kier molecular flexibility index (Phi) is 6.12. The summed E-state index contributed by atoms with van der Waals surface area (Å²) in [6, 6.07) is 22.0. The van der Waals surface area contributed by atoms with Gasteiger partial charge in [-0.05, 0) is 78.4 Å². The fourth-order valence-corrected chi connectivity index (χ4v) is 6.55. The van der Waals surface area contributed by atoms with Gasteiger partial charge in [0.15, 0.2) is 0 Å². The van der Waals surface area contributed by atoms with Crippen molar-refractivity contribution in [2.45, 2.75) is 25.3 Å². The number of anilines is 1. The lowest BCUT2D eigenvalue weighted by atomic mass is 9.77. The summed E-state index contributed by atoms with van der Waals surface area (Å²) in [6.45, 7) is 0. The van der Waals surface area contributed by atoms with Crippen molar-refractivity contribution in [3.05, 3.63) is 124 Å². The van der Waals surface area contributed by atoms with Crippen LogP contribution in [0.25, 0.3) is 27.5 Å². The molecule has 0 saturated heterocycles. The fraction of sp³-hybridized carbons (Fsp3) is 0.156. The number of hydrazone groups is 1. The summed E-state index contributed by atoms with van der Waals surface area (Å²) in [7, 11) is 0. The second-order valence-electron chi connectivity index (χ2n) is 10.0. The molecule has 40 heavy (non-hydrogen) atoms. The van der Waals surface area contributed by atoms with Gasteiger partial charge in [0.05, 0.1) is 22.2 Å². The molecule has 7 rings (SSSR count). The Morgan fingerprint density at radius 1 is 0.975 bits per heavy atom. The quantitative estimate of drug-likeness (QED) is 0.212. The highest BCUT2D eigenvalue weighted by Gasteiger charge is 2.43. The minimum atomic E-state index is -0.421. The molecule has 0 radical (unpaired) electrons. The van der Waals surface area contributed by atoms with Crippen LogP contribution in [-0.4, -0.2) is 10.7 Å². The van der Waals surface area contributed by atoms with Gasteiger partial charge in [-0.3, -0.25) is 0 Å².